The van der Waals surface area contributed by atoms with Crippen molar-refractivity contribution in [2.75, 3.05) is 38.7 Å². The predicted molar refractivity (Wildman–Crippen MR) is 110 cm³/mol. The van der Waals surface area contributed by atoms with Crippen molar-refractivity contribution >= 4 is 11.6 Å². The fraction of sp³-hybridized carbons (Fsp3) is 0.682. The molecule has 0 spiro atoms. The largest absolute Gasteiger partial charge is 0.494 e. The molecule has 2 rings (SSSR count). The van der Waals surface area contributed by atoms with Gasteiger partial charge in [0.25, 0.3) is 5.91 Å². The lowest BCUT2D eigenvalue weighted by Crippen LogP contribution is -2.41. The van der Waals surface area contributed by atoms with Crippen molar-refractivity contribution in [3.63, 3.8) is 0 Å². The standard InChI is InChI=1S/C22H36N2O3/c1-4-14-22(2,26-3)21(25)23-19-10-12-20(13-11-19)27-18-9-17-24-15-7-5-6-8-16-24/h10-13H,4-9,14-18H2,1-3H3,(H,23,25)/t22-/m0/s1. The summed E-state index contributed by atoms with van der Waals surface area (Å²) in [5.74, 6) is 0.727. The average molecular weight is 377 g/mol. The lowest BCUT2D eigenvalue weighted by Gasteiger charge is -2.26. The Kier molecular flexibility index (Phi) is 9.08. The van der Waals surface area contributed by atoms with E-state index in [-0.39, 0.29) is 5.91 Å². The van der Waals surface area contributed by atoms with E-state index in [1.54, 1.807) is 7.11 Å². The van der Waals surface area contributed by atoms with Gasteiger partial charge in [0.15, 0.2) is 0 Å². The van der Waals surface area contributed by atoms with E-state index in [0.717, 1.165) is 37.4 Å². The van der Waals surface area contributed by atoms with Crippen LogP contribution in [-0.2, 0) is 9.53 Å². The zero-order valence-electron chi connectivity index (χ0n) is 17.3. The number of anilines is 1. The predicted octanol–water partition coefficient (Wildman–Crippen LogP) is 4.48. The van der Waals surface area contributed by atoms with E-state index >= 15 is 0 Å². The van der Waals surface area contributed by atoms with Crippen LogP contribution in [0, 0.1) is 0 Å². The number of nitrogens with one attached hydrogen (secondary N) is 1. The average Bonchev–Trinajstić information content (AvgIpc) is 2.95. The van der Waals surface area contributed by atoms with E-state index in [1.165, 1.54) is 38.8 Å². The summed E-state index contributed by atoms with van der Waals surface area (Å²) in [5, 5.41) is 2.94. The highest BCUT2D eigenvalue weighted by Crippen LogP contribution is 2.21. The van der Waals surface area contributed by atoms with Gasteiger partial charge in [-0.3, -0.25) is 4.79 Å². The molecule has 5 nitrogen and oxygen atoms in total. The molecule has 1 fully saturated rings. The molecule has 1 saturated heterocycles. The number of carbonyl (C=O) groups is 1. The maximum atomic E-state index is 12.5. The van der Waals surface area contributed by atoms with Gasteiger partial charge in [0.1, 0.15) is 11.4 Å². The van der Waals surface area contributed by atoms with Crippen molar-refractivity contribution < 1.29 is 14.3 Å². The summed E-state index contributed by atoms with van der Waals surface area (Å²) < 4.78 is 11.3. The molecule has 1 aromatic carbocycles. The van der Waals surface area contributed by atoms with Gasteiger partial charge in [0, 0.05) is 19.3 Å². The van der Waals surface area contributed by atoms with Crippen molar-refractivity contribution in [2.24, 2.45) is 0 Å². The van der Waals surface area contributed by atoms with Crippen molar-refractivity contribution in [3.05, 3.63) is 24.3 Å². The molecule has 1 heterocycles. The van der Waals surface area contributed by atoms with Crippen LogP contribution >= 0.6 is 0 Å². The molecule has 0 aliphatic carbocycles. The summed E-state index contributed by atoms with van der Waals surface area (Å²) >= 11 is 0. The number of hydrogen-bond acceptors (Lipinski definition) is 4. The van der Waals surface area contributed by atoms with Crippen LogP contribution in [0.2, 0.25) is 0 Å². The Labute approximate surface area is 164 Å². The molecule has 0 unspecified atom stereocenters. The zero-order chi connectivity index (χ0) is 19.5. The minimum absolute atomic E-state index is 0.113. The number of ether oxygens (including phenoxy) is 2. The highest BCUT2D eigenvalue weighted by molar-refractivity contribution is 5.97. The van der Waals surface area contributed by atoms with Crippen molar-refractivity contribution in [3.8, 4) is 5.75 Å². The van der Waals surface area contributed by atoms with Gasteiger partial charge in [-0.1, -0.05) is 26.2 Å². The number of hydrogen-bond donors (Lipinski definition) is 1. The van der Waals surface area contributed by atoms with Gasteiger partial charge in [-0.25, -0.2) is 0 Å². The van der Waals surface area contributed by atoms with Gasteiger partial charge in [-0.2, -0.15) is 0 Å². The molecule has 1 amide bonds. The summed E-state index contributed by atoms with van der Waals surface area (Å²) in [6.07, 6.45) is 8.02. The third kappa shape index (κ3) is 7.15. The van der Waals surface area contributed by atoms with Gasteiger partial charge in [-0.05, 0) is 70.0 Å². The summed E-state index contributed by atoms with van der Waals surface area (Å²) in [5.41, 5.74) is -0.0339. The number of rotatable bonds is 10. The van der Waals surface area contributed by atoms with Gasteiger partial charge in [0.2, 0.25) is 0 Å². The third-order valence-corrected chi connectivity index (χ3v) is 5.36. The molecule has 0 radical (unpaired) electrons. The molecule has 1 aliphatic heterocycles. The number of amides is 1. The second-order valence-corrected chi connectivity index (χ2v) is 7.62. The first kappa shape index (κ1) is 21.7. The van der Waals surface area contributed by atoms with Crippen LogP contribution in [0.1, 0.15) is 58.8 Å². The summed E-state index contributed by atoms with van der Waals surface area (Å²) in [6.45, 7) is 8.17. The van der Waals surface area contributed by atoms with E-state index < -0.39 is 5.60 Å². The number of carbonyl (C=O) groups excluding carboxylic acids is 1. The Morgan fingerprint density at radius 3 is 2.41 bits per heavy atom. The fourth-order valence-electron chi connectivity index (χ4n) is 3.52. The molecule has 1 N–H and O–H groups in total. The van der Waals surface area contributed by atoms with E-state index in [0.29, 0.717) is 6.42 Å². The molecule has 5 heteroatoms. The number of benzene rings is 1. The second kappa shape index (κ2) is 11.3. The van der Waals surface area contributed by atoms with E-state index in [4.69, 9.17) is 9.47 Å². The Hall–Kier alpha value is -1.59. The minimum Gasteiger partial charge on any atom is -0.494 e. The topological polar surface area (TPSA) is 50.8 Å². The molecule has 1 aromatic rings. The molecule has 1 aliphatic rings. The molecule has 0 aromatic heterocycles. The molecule has 1 atom stereocenters. The van der Waals surface area contributed by atoms with Crippen LogP contribution in [0.5, 0.6) is 5.75 Å². The third-order valence-electron chi connectivity index (χ3n) is 5.36. The zero-order valence-corrected chi connectivity index (χ0v) is 17.3. The number of likely N-dealkylation sites (tertiary alicyclic amines) is 1. The van der Waals surface area contributed by atoms with Crippen LogP contribution in [0.4, 0.5) is 5.69 Å². The minimum atomic E-state index is -0.794. The van der Waals surface area contributed by atoms with E-state index in [9.17, 15) is 4.79 Å². The number of nitrogens with zero attached hydrogens (tertiary/aromatic N) is 1. The first-order valence-electron chi connectivity index (χ1n) is 10.4. The second-order valence-electron chi connectivity index (χ2n) is 7.62. The maximum absolute atomic E-state index is 12.5. The molecule has 0 saturated carbocycles. The lowest BCUT2D eigenvalue weighted by molar-refractivity contribution is -0.136. The van der Waals surface area contributed by atoms with Gasteiger partial charge in [-0.15, -0.1) is 0 Å². The Bertz CT molecular complexity index is 553. The number of methoxy groups -OCH3 is 1. The van der Waals surface area contributed by atoms with Crippen LogP contribution < -0.4 is 10.1 Å². The van der Waals surface area contributed by atoms with Crippen molar-refractivity contribution in [1.82, 2.24) is 4.90 Å². The van der Waals surface area contributed by atoms with Crippen LogP contribution in [-0.4, -0.2) is 49.8 Å². The van der Waals surface area contributed by atoms with E-state index in [2.05, 4.69) is 10.2 Å². The first-order valence-corrected chi connectivity index (χ1v) is 10.4. The quantitative estimate of drug-likeness (QED) is 0.612. The van der Waals surface area contributed by atoms with Crippen molar-refractivity contribution in [1.29, 1.82) is 0 Å². The Balaban J connectivity index is 1.73. The van der Waals surface area contributed by atoms with Gasteiger partial charge in [0.05, 0.1) is 6.61 Å². The van der Waals surface area contributed by atoms with Crippen LogP contribution in [0.3, 0.4) is 0 Å². The highest BCUT2D eigenvalue weighted by Gasteiger charge is 2.32. The monoisotopic (exact) mass is 376 g/mol. The molecule has 152 valence electrons. The van der Waals surface area contributed by atoms with Gasteiger partial charge < -0.3 is 19.7 Å². The van der Waals surface area contributed by atoms with Crippen LogP contribution in [0.15, 0.2) is 24.3 Å². The lowest BCUT2D eigenvalue weighted by atomic mass is 9.99. The first-order chi connectivity index (χ1) is 13.1. The van der Waals surface area contributed by atoms with Crippen LogP contribution in [0.25, 0.3) is 0 Å². The molecular weight excluding hydrogens is 340 g/mol. The normalized spacial score (nSPS) is 17.7. The molecular formula is C22H36N2O3. The molecule has 0 bridgehead atoms. The van der Waals surface area contributed by atoms with Gasteiger partial charge >= 0.3 is 0 Å². The molecule has 27 heavy (non-hydrogen) atoms. The fourth-order valence-corrected chi connectivity index (χ4v) is 3.52. The summed E-state index contributed by atoms with van der Waals surface area (Å²) in [6, 6.07) is 7.57. The maximum Gasteiger partial charge on any atom is 0.256 e. The van der Waals surface area contributed by atoms with E-state index in [1.807, 2.05) is 38.1 Å². The Morgan fingerprint density at radius 1 is 1.15 bits per heavy atom. The van der Waals surface area contributed by atoms with Crippen molar-refractivity contribution in [2.45, 2.75) is 64.4 Å². The SMILES string of the molecule is CCC[C@](C)(OC)C(=O)Nc1ccc(OCCCN2CCCCCC2)cc1. The summed E-state index contributed by atoms with van der Waals surface area (Å²) in [7, 11) is 1.58. The Morgan fingerprint density at radius 2 is 1.81 bits per heavy atom. The highest BCUT2D eigenvalue weighted by atomic mass is 16.5. The smallest absolute Gasteiger partial charge is 0.256 e. The summed E-state index contributed by atoms with van der Waals surface area (Å²) in [4.78, 5) is 15.0.